The predicted molar refractivity (Wildman–Crippen MR) is 151 cm³/mol. The van der Waals surface area contributed by atoms with Gasteiger partial charge in [-0.25, -0.2) is 14.3 Å². The minimum absolute atomic E-state index is 0.0632. The van der Waals surface area contributed by atoms with E-state index in [4.69, 9.17) is 16.6 Å². The number of para-hydroxylation sites is 1. The van der Waals surface area contributed by atoms with E-state index in [9.17, 15) is 9.59 Å². The number of hydrogen-bond donors (Lipinski definition) is 0. The van der Waals surface area contributed by atoms with Gasteiger partial charge in [-0.15, -0.1) is 11.3 Å². The Balaban J connectivity index is 1.74. The highest BCUT2D eigenvalue weighted by Crippen LogP contribution is 2.36. The molecule has 1 fully saturated rings. The number of piperazine rings is 1. The second kappa shape index (κ2) is 10.5. The topological polar surface area (TPSA) is 71.3 Å². The van der Waals surface area contributed by atoms with Crippen molar-refractivity contribution in [3.63, 3.8) is 0 Å². The molecular formula is C28H28ClN5O2S. The van der Waals surface area contributed by atoms with E-state index in [1.807, 2.05) is 54.8 Å². The maximum Gasteiger partial charge on any atom is 0.355 e. The van der Waals surface area contributed by atoms with Crippen molar-refractivity contribution in [3.8, 4) is 16.3 Å². The summed E-state index contributed by atoms with van der Waals surface area (Å²) in [6.07, 6.45) is 3.11. The number of halogens is 1. The van der Waals surface area contributed by atoms with Crippen LogP contribution in [0.25, 0.3) is 27.3 Å². The molecule has 1 atom stereocenters. The first-order valence-electron chi connectivity index (χ1n) is 12.4. The molecule has 1 aliphatic heterocycles. The number of aromatic nitrogens is 3. The van der Waals surface area contributed by atoms with Crippen molar-refractivity contribution < 1.29 is 4.79 Å². The summed E-state index contributed by atoms with van der Waals surface area (Å²) in [7, 11) is 0. The Morgan fingerprint density at radius 1 is 1.22 bits per heavy atom. The number of nitrogens with zero attached hydrogens (tertiary/aromatic N) is 5. The Labute approximate surface area is 224 Å². The average Bonchev–Trinajstić information content (AvgIpc) is 3.43. The normalized spacial score (nSPS) is 15.8. The molecule has 9 heteroatoms. The Morgan fingerprint density at radius 2 is 2.03 bits per heavy atom. The van der Waals surface area contributed by atoms with Crippen LogP contribution in [0, 0.1) is 0 Å². The van der Waals surface area contributed by atoms with Crippen molar-refractivity contribution in [2.24, 2.45) is 0 Å². The molecule has 0 unspecified atom stereocenters. The molecule has 0 saturated carbocycles. The Bertz CT molecular complexity index is 1530. The van der Waals surface area contributed by atoms with E-state index >= 15 is 0 Å². The molecule has 1 aromatic carbocycles. The van der Waals surface area contributed by atoms with Crippen molar-refractivity contribution in [2.75, 3.05) is 24.5 Å². The number of carbonyl (C=O) groups excluding carboxylic acids is 1. The summed E-state index contributed by atoms with van der Waals surface area (Å²) in [5, 5.41) is 3.18. The third-order valence-corrected chi connectivity index (χ3v) is 7.86. The van der Waals surface area contributed by atoms with Gasteiger partial charge in [0.15, 0.2) is 5.65 Å². The molecule has 4 heterocycles. The molecule has 0 bridgehead atoms. The van der Waals surface area contributed by atoms with Crippen LogP contribution in [-0.4, -0.2) is 51.0 Å². The van der Waals surface area contributed by atoms with E-state index in [0.717, 1.165) is 29.0 Å². The van der Waals surface area contributed by atoms with Crippen LogP contribution in [0.2, 0.25) is 5.02 Å². The van der Waals surface area contributed by atoms with Crippen molar-refractivity contribution in [3.05, 3.63) is 81.6 Å². The summed E-state index contributed by atoms with van der Waals surface area (Å²) in [4.78, 5) is 40.3. The van der Waals surface area contributed by atoms with Crippen LogP contribution in [0.5, 0.6) is 0 Å². The quantitative estimate of drug-likeness (QED) is 0.313. The van der Waals surface area contributed by atoms with Gasteiger partial charge in [0.05, 0.1) is 21.0 Å². The molecule has 5 rings (SSSR count). The molecule has 0 aliphatic carbocycles. The second-order valence-corrected chi connectivity index (χ2v) is 10.5. The number of hydrogen-bond acceptors (Lipinski definition) is 6. The number of anilines is 1. The lowest BCUT2D eigenvalue weighted by Gasteiger charge is -2.40. The smallest absolute Gasteiger partial charge is 0.350 e. The molecule has 1 saturated heterocycles. The maximum absolute atomic E-state index is 13.7. The fourth-order valence-corrected chi connectivity index (χ4v) is 5.98. The Kier molecular flexibility index (Phi) is 7.13. The number of aryl methyl sites for hydroxylation is 1. The molecule has 0 N–H and O–H groups in total. The number of amides is 1. The molecule has 1 aliphatic rings. The SMILES string of the molecule is C=CC(=O)N1CCN(c2nc(=O)n(-c3ccccc3CCC)c3nc(-c4cccs4)c(Cl)cc23)[C@@H](C)C1. The second-order valence-electron chi connectivity index (χ2n) is 9.13. The predicted octanol–water partition coefficient (Wildman–Crippen LogP) is 5.34. The van der Waals surface area contributed by atoms with E-state index in [-0.39, 0.29) is 11.9 Å². The lowest BCUT2D eigenvalue weighted by Crippen LogP contribution is -2.54. The van der Waals surface area contributed by atoms with Crippen LogP contribution in [0.3, 0.4) is 0 Å². The third-order valence-electron chi connectivity index (χ3n) is 6.69. The highest BCUT2D eigenvalue weighted by atomic mass is 35.5. The molecule has 7 nitrogen and oxygen atoms in total. The van der Waals surface area contributed by atoms with E-state index < -0.39 is 5.69 Å². The molecule has 1 amide bonds. The number of carbonyl (C=O) groups is 1. The van der Waals surface area contributed by atoms with Crippen LogP contribution in [0.1, 0.15) is 25.8 Å². The summed E-state index contributed by atoms with van der Waals surface area (Å²) >= 11 is 8.34. The van der Waals surface area contributed by atoms with E-state index in [0.29, 0.717) is 47.2 Å². The first kappa shape index (κ1) is 25.2. The van der Waals surface area contributed by atoms with Gasteiger partial charge in [-0.3, -0.25) is 4.79 Å². The molecule has 37 heavy (non-hydrogen) atoms. The number of pyridine rings is 1. The van der Waals surface area contributed by atoms with Crippen LogP contribution >= 0.6 is 22.9 Å². The average molecular weight is 534 g/mol. The van der Waals surface area contributed by atoms with Crippen LogP contribution in [0.4, 0.5) is 5.82 Å². The molecule has 4 aromatic rings. The Morgan fingerprint density at radius 3 is 2.73 bits per heavy atom. The minimum Gasteiger partial charge on any atom is -0.350 e. The van der Waals surface area contributed by atoms with Crippen LogP contribution in [-0.2, 0) is 11.2 Å². The molecule has 0 spiro atoms. The van der Waals surface area contributed by atoms with Gasteiger partial charge in [0.1, 0.15) is 11.5 Å². The van der Waals surface area contributed by atoms with Crippen molar-refractivity contribution >= 4 is 45.7 Å². The standard InChI is InChI=1S/C28H28ClN5O2S/c1-4-9-19-10-6-7-11-22(19)34-27-20(16-21(29)25(30-27)23-12-8-15-37-23)26(31-28(34)36)33-14-13-32(17-18(33)3)24(35)5-2/h5-8,10-12,15-16,18H,2,4,9,13-14,17H2,1,3H3/t18-/m0/s1. The third kappa shape index (κ3) is 4.67. The van der Waals surface area contributed by atoms with Gasteiger partial charge in [0.2, 0.25) is 5.91 Å². The van der Waals surface area contributed by atoms with Gasteiger partial charge in [0, 0.05) is 25.7 Å². The van der Waals surface area contributed by atoms with Gasteiger partial charge in [-0.1, -0.05) is 55.8 Å². The van der Waals surface area contributed by atoms with Gasteiger partial charge in [-0.2, -0.15) is 4.98 Å². The molecule has 0 radical (unpaired) electrons. The first-order chi connectivity index (χ1) is 17.9. The number of fused-ring (bicyclic) bond motifs is 1. The van der Waals surface area contributed by atoms with Crippen LogP contribution < -0.4 is 10.6 Å². The van der Waals surface area contributed by atoms with Crippen LogP contribution in [0.15, 0.2) is 65.3 Å². The zero-order valence-electron chi connectivity index (χ0n) is 20.9. The summed E-state index contributed by atoms with van der Waals surface area (Å²) in [6.45, 7) is 9.29. The summed E-state index contributed by atoms with van der Waals surface area (Å²) < 4.78 is 1.61. The number of rotatable bonds is 6. The lowest BCUT2D eigenvalue weighted by atomic mass is 10.1. The largest absolute Gasteiger partial charge is 0.355 e. The van der Waals surface area contributed by atoms with Crippen molar-refractivity contribution in [1.82, 2.24) is 19.4 Å². The summed E-state index contributed by atoms with van der Waals surface area (Å²) in [5.74, 6) is 0.437. The molecule has 3 aromatic heterocycles. The number of benzene rings is 1. The van der Waals surface area contributed by atoms with Crippen molar-refractivity contribution in [1.29, 1.82) is 0 Å². The zero-order chi connectivity index (χ0) is 26.1. The Hall–Kier alpha value is -3.49. The lowest BCUT2D eigenvalue weighted by molar-refractivity contribution is -0.126. The molecular weight excluding hydrogens is 506 g/mol. The highest BCUT2D eigenvalue weighted by Gasteiger charge is 2.30. The first-order valence-corrected chi connectivity index (χ1v) is 13.6. The fourth-order valence-electron chi connectivity index (χ4n) is 4.94. The highest BCUT2D eigenvalue weighted by molar-refractivity contribution is 7.13. The maximum atomic E-state index is 13.7. The van der Waals surface area contributed by atoms with Crippen molar-refractivity contribution in [2.45, 2.75) is 32.7 Å². The number of thiophene rings is 1. The molecule has 190 valence electrons. The summed E-state index contributed by atoms with van der Waals surface area (Å²) in [6, 6.07) is 13.6. The fraction of sp³-hybridized carbons (Fsp3) is 0.286. The monoisotopic (exact) mass is 533 g/mol. The van der Waals surface area contributed by atoms with Gasteiger partial charge in [0.25, 0.3) is 0 Å². The van der Waals surface area contributed by atoms with Gasteiger partial charge < -0.3 is 9.80 Å². The van der Waals surface area contributed by atoms with E-state index in [2.05, 4.69) is 23.4 Å². The summed E-state index contributed by atoms with van der Waals surface area (Å²) in [5.41, 5.74) is 2.59. The van der Waals surface area contributed by atoms with E-state index in [1.165, 1.54) is 6.08 Å². The zero-order valence-corrected chi connectivity index (χ0v) is 22.4. The van der Waals surface area contributed by atoms with E-state index in [1.54, 1.807) is 20.8 Å². The minimum atomic E-state index is -0.394. The van der Waals surface area contributed by atoms with Gasteiger partial charge in [-0.05, 0) is 48.6 Å². The van der Waals surface area contributed by atoms with Gasteiger partial charge >= 0.3 is 5.69 Å².